The minimum Gasteiger partial charge on any atom is -0.491 e. The molecule has 0 saturated carbocycles. The van der Waals surface area contributed by atoms with Gasteiger partial charge >= 0.3 is 0 Å². The molecule has 1 N–H and O–H groups in total. The summed E-state index contributed by atoms with van der Waals surface area (Å²) in [4.78, 5) is 28.7. The van der Waals surface area contributed by atoms with Crippen molar-refractivity contribution in [3.8, 4) is 5.75 Å². The van der Waals surface area contributed by atoms with Crippen LogP contribution < -0.4 is 10.1 Å². The quantitative estimate of drug-likeness (QED) is 0.644. The van der Waals surface area contributed by atoms with Gasteiger partial charge in [-0.25, -0.2) is 0 Å². The average molecular weight is 492 g/mol. The van der Waals surface area contributed by atoms with Gasteiger partial charge < -0.3 is 19.7 Å². The monoisotopic (exact) mass is 491 g/mol. The second-order valence-corrected chi connectivity index (χ2v) is 10.3. The van der Waals surface area contributed by atoms with Crippen LogP contribution in [0, 0.1) is 0 Å². The zero-order valence-corrected chi connectivity index (χ0v) is 21.2. The Morgan fingerprint density at radius 2 is 1.83 bits per heavy atom. The molecule has 2 aromatic carbocycles. The summed E-state index contributed by atoms with van der Waals surface area (Å²) >= 11 is 0. The van der Waals surface area contributed by atoms with E-state index in [1.807, 2.05) is 29.2 Å². The molecule has 2 atom stereocenters. The number of carbonyl (C=O) groups excluding carboxylic acids is 2. The second kappa shape index (κ2) is 11.4. The lowest BCUT2D eigenvalue weighted by Crippen LogP contribution is -2.47. The highest BCUT2D eigenvalue weighted by molar-refractivity contribution is 5.94. The molecule has 1 aliphatic carbocycles. The van der Waals surface area contributed by atoms with Crippen LogP contribution in [-0.2, 0) is 28.9 Å². The fourth-order valence-electron chi connectivity index (χ4n) is 5.45. The minimum absolute atomic E-state index is 0.0320. The van der Waals surface area contributed by atoms with E-state index in [1.54, 1.807) is 6.92 Å². The molecule has 36 heavy (non-hydrogen) atoms. The second-order valence-electron chi connectivity index (χ2n) is 10.3. The molecule has 2 aromatic rings. The van der Waals surface area contributed by atoms with Crippen LogP contribution in [0.1, 0.15) is 53.2 Å². The molecular formula is C29H37N3O4. The molecule has 5 rings (SSSR count). The normalized spacial score (nSPS) is 22.2. The number of nitrogens with zero attached hydrogens (tertiary/aromatic N) is 2. The Labute approximate surface area is 213 Å². The van der Waals surface area contributed by atoms with Crippen LogP contribution in [-0.4, -0.2) is 73.2 Å². The van der Waals surface area contributed by atoms with Crippen molar-refractivity contribution in [3.63, 3.8) is 0 Å². The van der Waals surface area contributed by atoms with Crippen molar-refractivity contribution in [2.75, 3.05) is 39.4 Å². The van der Waals surface area contributed by atoms with Crippen LogP contribution in [0.15, 0.2) is 42.5 Å². The molecule has 0 spiro atoms. The third-order valence-electron chi connectivity index (χ3n) is 7.63. The van der Waals surface area contributed by atoms with Gasteiger partial charge in [-0.2, -0.15) is 0 Å². The Kier molecular flexibility index (Phi) is 7.87. The van der Waals surface area contributed by atoms with Gasteiger partial charge in [0.05, 0.1) is 6.10 Å². The Balaban J connectivity index is 1.10. The van der Waals surface area contributed by atoms with E-state index in [0.29, 0.717) is 12.2 Å². The van der Waals surface area contributed by atoms with Crippen LogP contribution >= 0.6 is 0 Å². The van der Waals surface area contributed by atoms with E-state index in [0.717, 1.165) is 77.2 Å². The lowest BCUT2D eigenvalue weighted by Gasteiger charge is -2.34. The third kappa shape index (κ3) is 6.26. The Morgan fingerprint density at radius 1 is 1.03 bits per heavy atom. The first-order valence-electron chi connectivity index (χ1n) is 13.3. The number of aryl methyl sites for hydroxylation is 1. The predicted octanol–water partition coefficient (Wildman–Crippen LogP) is 3.20. The van der Waals surface area contributed by atoms with Crippen molar-refractivity contribution in [1.82, 2.24) is 15.1 Å². The number of ether oxygens (including phenoxy) is 2. The summed E-state index contributed by atoms with van der Waals surface area (Å²) in [7, 11) is 0. The number of fused-ring (bicyclic) bond motifs is 1. The molecule has 2 amide bonds. The zero-order chi connectivity index (χ0) is 24.9. The maximum Gasteiger partial charge on any atom is 0.251 e. The Morgan fingerprint density at radius 3 is 2.56 bits per heavy atom. The summed E-state index contributed by atoms with van der Waals surface area (Å²) < 4.78 is 11.4. The van der Waals surface area contributed by atoms with Gasteiger partial charge in [-0.15, -0.1) is 0 Å². The maximum atomic E-state index is 12.8. The topological polar surface area (TPSA) is 71.1 Å². The van der Waals surface area contributed by atoms with Gasteiger partial charge in [0, 0.05) is 57.9 Å². The number of hydrogen-bond donors (Lipinski definition) is 1. The average Bonchev–Trinajstić information content (AvgIpc) is 3.42. The molecule has 3 aliphatic rings. The van der Waals surface area contributed by atoms with Crippen molar-refractivity contribution in [2.24, 2.45) is 0 Å². The summed E-state index contributed by atoms with van der Waals surface area (Å²) in [6.07, 6.45) is 5.11. The summed E-state index contributed by atoms with van der Waals surface area (Å²) in [5.74, 6) is 0.904. The van der Waals surface area contributed by atoms with E-state index in [9.17, 15) is 9.59 Å². The predicted molar refractivity (Wildman–Crippen MR) is 138 cm³/mol. The van der Waals surface area contributed by atoms with Crippen LogP contribution in [0.2, 0.25) is 0 Å². The summed E-state index contributed by atoms with van der Waals surface area (Å²) in [6.45, 7) is 7.42. The van der Waals surface area contributed by atoms with Gasteiger partial charge in [0.25, 0.3) is 5.91 Å². The zero-order valence-electron chi connectivity index (χ0n) is 21.2. The number of carbonyl (C=O) groups is 2. The van der Waals surface area contributed by atoms with E-state index < -0.39 is 0 Å². The number of rotatable bonds is 7. The number of piperazine rings is 1. The minimum atomic E-state index is -0.0320. The van der Waals surface area contributed by atoms with Crippen LogP contribution in [0.5, 0.6) is 5.75 Å². The van der Waals surface area contributed by atoms with Crippen LogP contribution in [0.4, 0.5) is 0 Å². The van der Waals surface area contributed by atoms with Crippen molar-refractivity contribution >= 4 is 11.8 Å². The van der Waals surface area contributed by atoms with E-state index >= 15 is 0 Å². The first kappa shape index (κ1) is 24.8. The highest BCUT2D eigenvalue weighted by atomic mass is 16.5. The molecule has 0 aromatic heterocycles. The van der Waals surface area contributed by atoms with Crippen LogP contribution in [0.3, 0.4) is 0 Å². The highest BCUT2D eigenvalue weighted by Crippen LogP contribution is 2.24. The van der Waals surface area contributed by atoms with Gasteiger partial charge in [0.1, 0.15) is 12.4 Å². The first-order valence-corrected chi connectivity index (χ1v) is 13.3. The molecule has 2 saturated heterocycles. The van der Waals surface area contributed by atoms with E-state index in [2.05, 4.69) is 28.4 Å². The van der Waals surface area contributed by atoms with Gasteiger partial charge in [-0.05, 0) is 73.1 Å². The summed E-state index contributed by atoms with van der Waals surface area (Å²) in [6, 6.07) is 14.3. The van der Waals surface area contributed by atoms with E-state index in [-0.39, 0.29) is 24.0 Å². The molecule has 7 nitrogen and oxygen atoms in total. The highest BCUT2D eigenvalue weighted by Gasteiger charge is 2.23. The summed E-state index contributed by atoms with van der Waals surface area (Å²) in [5, 5.41) is 3.23. The number of amides is 2. The standard InChI is InChI=1S/C29H37N3O4/c1-21(33)32-14-12-31(13-15-32)19-22-4-5-25-18-26(9-6-24(25)17-22)30-29(34)23-7-10-27(11-8-23)36-20-28-3-2-16-35-28/h4-5,7-8,10-11,17,26,28H,2-3,6,9,12-16,18-20H2,1H3,(H,30,34)/t26-,28-/m0/s1. The third-order valence-corrected chi connectivity index (χ3v) is 7.63. The molecule has 2 heterocycles. The van der Waals surface area contributed by atoms with Gasteiger partial charge in [-0.3, -0.25) is 14.5 Å². The molecule has 0 radical (unpaired) electrons. The SMILES string of the molecule is CC(=O)N1CCN(Cc2ccc3c(c2)CC[C@H](NC(=O)c2ccc(OC[C@@H]4CCCO4)cc2)C3)CC1. The first-order chi connectivity index (χ1) is 17.5. The molecule has 7 heteroatoms. The van der Waals surface area contributed by atoms with Crippen molar-refractivity contribution in [3.05, 3.63) is 64.7 Å². The Hall–Kier alpha value is -2.90. The van der Waals surface area contributed by atoms with Gasteiger partial charge in [0.2, 0.25) is 5.91 Å². The van der Waals surface area contributed by atoms with E-state index in [4.69, 9.17) is 9.47 Å². The fraction of sp³-hybridized carbons (Fsp3) is 0.517. The van der Waals surface area contributed by atoms with E-state index in [1.165, 1.54) is 16.7 Å². The van der Waals surface area contributed by atoms with Crippen molar-refractivity contribution in [2.45, 2.75) is 57.7 Å². The lowest BCUT2D eigenvalue weighted by molar-refractivity contribution is -0.130. The molecule has 2 fully saturated rings. The molecule has 0 bridgehead atoms. The van der Waals surface area contributed by atoms with Crippen molar-refractivity contribution < 1.29 is 19.1 Å². The van der Waals surface area contributed by atoms with Gasteiger partial charge in [0.15, 0.2) is 0 Å². The smallest absolute Gasteiger partial charge is 0.251 e. The maximum absolute atomic E-state index is 12.8. The fourth-order valence-corrected chi connectivity index (χ4v) is 5.45. The van der Waals surface area contributed by atoms with Crippen LogP contribution in [0.25, 0.3) is 0 Å². The Bertz CT molecular complexity index is 1060. The number of benzene rings is 2. The van der Waals surface area contributed by atoms with Gasteiger partial charge in [-0.1, -0.05) is 18.2 Å². The molecular weight excluding hydrogens is 454 g/mol. The number of nitrogens with one attached hydrogen (secondary N) is 1. The van der Waals surface area contributed by atoms with Crippen molar-refractivity contribution in [1.29, 1.82) is 0 Å². The number of hydrogen-bond acceptors (Lipinski definition) is 5. The molecule has 192 valence electrons. The molecule has 0 unspecified atom stereocenters. The summed E-state index contributed by atoms with van der Waals surface area (Å²) in [5.41, 5.74) is 4.71. The molecule has 2 aliphatic heterocycles. The largest absolute Gasteiger partial charge is 0.491 e. The lowest BCUT2D eigenvalue weighted by atomic mass is 9.87.